The van der Waals surface area contributed by atoms with Crippen LogP contribution in [-0.4, -0.2) is 30.2 Å². The Morgan fingerprint density at radius 2 is 1.57 bits per heavy atom. The Labute approximate surface area is 205 Å². The average Bonchev–Trinajstić information content (AvgIpc) is 2.83. The molecular weight excluding hydrogens is 481 g/mol. The van der Waals surface area contributed by atoms with Gasteiger partial charge < -0.3 is 29.6 Å². The van der Waals surface area contributed by atoms with Crippen molar-refractivity contribution < 1.29 is 32.5 Å². The van der Waals surface area contributed by atoms with Gasteiger partial charge in [0.1, 0.15) is 0 Å². The first-order chi connectivity index (χ1) is 16.6. The number of hydrogen-bond acceptors (Lipinski definition) is 5. The summed E-state index contributed by atoms with van der Waals surface area (Å²) in [4.78, 5) is 12.8. The Morgan fingerprint density at radius 3 is 2.17 bits per heavy atom. The van der Waals surface area contributed by atoms with Gasteiger partial charge in [-0.3, -0.25) is 0 Å². The highest BCUT2D eigenvalue weighted by Gasteiger charge is 2.30. The minimum atomic E-state index is -4.49. The van der Waals surface area contributed by atoms with Gasteiger partial charge in [-0.2, -0.15) is 13.2 Å². The van der Waals surface area contributed by atoms with Gasteiger partial charge in [0.05, 0.1) is 25.8 Å². The minimum Gasteiger partial charge on any atom is -0.545 e. The molecule has 0 fully saturated rings. The van der Waals surface area contributed by atoms with Crippen molar-refractivity contribution in [3.8, 4) is 11.5 Å². The Hall–Kier alpha value is -3.79. The van der Waals surface area contributed by atoms with E-state index in [9.17, 15) is 23.1 Å². The minimum absolute atomic E-state index is 0.0323. The van der Waals surface area contributed by atoms with Crippen LogP contribution >= 0.6 is 12.2 Å². The molecule has 0 spiro atoms. The number of methoxy groups -OCH3 is 2. The zero-order valence-electron chi connectivity index (χ0n) is 18.9. The molecule has 0 heterocycles. The lowest BCUT2D eigenvalue weighted by Gasteiger charge is -2.27. The van der Waals surface area contributed by atoms with Gasteiger partial charge >= 0.3 is 6.18 Å². The topological polar surface area (TPSA) is 73.9 Å². The molecule has 3 aromatic rings. The monoisotopic (exact) mass is 503 g/mol. The highest BCUT2D eigenvalue weighted by atomic mass is 32.1. The number of carbonyl (C=O) groups is 1. The highest BCUT2D eigenvalue weighted by molar-refractivity contribution is 7.80. The van der Waals surface area contributed by atoms with Crippen molar-refractivity contribution in [2.45, 2.75) is 19.3 Å². The number of nitrogens with one attached hydrogen (secondary N) is 1. The molecule has 3 rings (SSSR count). The highest BCUT2D eigenvalue weighted by Crippen LogP contribution is 2.31. The molecule has 0 aromatic heterocycles. The first kappa shape index (κ1) is 25.8. The normalized spacial score (nSPS) is 11.0. The number of benzene rings is 3. The van der Waals surface area contributed by atoms with E-state index in [1.807, 2.05) is 6.07 Å². The second kappa shape index (κ2) is 11.1. The van der Waals surface area contributed by atoms with Crippen LogP contribution in [0.2, 0.25) is 0 Å². The fourth-order valence-electron chi connectivity index (χ4n) is 3.34. The number of carboxylic acids is 1. The summed E-state index contributed by atoms with van der Waals surface area (Å²) in [5.41, 5.74) is 0.972. The summed E-state index contributed by atoms with van der Waals surface area (Å²) in [5, 5.41) is 14.1. The van der Waals surface area contributed by atoms with Gasteiger partial charge in [-0.25, -0.2) is 0 Å². The van der Waals surface area contributed by atoms with Crippen LogP contribution in [0, 0.1) is 0 Å². The van der Waals surface area contributed by atoms with Crippen molar-refractivity contribution in [1.29, 1.82) is 0 Å². The van der Waals surface area contributed by atoms with Gasteiger partial charge in [0.15, 0.2) is 16.6 Å². The lowest BCUT2D eigenvalue weighted by atomic mass is 10.1. The number of hydrogen-bond donors (Lipinski definition) is 1. The van der Waals surface area contributed by atoms with Crippen molar-refractivity contribution in [2.24, 2.45) is 0 Å². The summed E-state index contributed by atoms with van der Waals surface area (Å²) in [6.07, 6.45) is -4.49. The number of nitrogens with zero attached hydrogens (tertiary/aromatic N) is 1. The number of ether oxygens (including phenoxy) is 2. The van der Waals surface area contributed by atoms with E-state index in [4.69, 9.17) is 21.7 Å². The first-order valence-corrected chi connectivity index (χ1v) is 10.8. The number of aromatic carboxylic acids is 1. The summed E-state index contributed by atoms with van der Waals surface area (Å²) < 4.78 is 50.0. The molecule has 0 aliphatic heterocycles. The number of rotatable bonds is 8. The second-order valence-corrected chi connectivity index (χ2v) is 7.93. The summed E-state index contributed by atoms with van der Waals surface area (Å²) in [5.74, 6) is -0.231. The van der Waals surface area contributed by atoms with Gasteiger partial charge in [0.2, 0.25) is 0 Å². The van der Waals surface area contributed by atoms with Gasteiger partial charge in [-0.1, -0.05) is 36.4 Å². The van der Waals surface area contributed by atoms with Crippen LogP contribution in [0.25, 0.3) is 0 Å². The molecule has 184 valence electrons. The molecule has 10 heteroatoms. The quantitative estimate of drug-likeness (QED) is 0.454. The molecule has 0 saturated carbocycles. The largest absolute Gasteiger partial charge is 0.545 e. The Morgan fingerprint density at radius 1 is 0.943 bits per heavy atom. The number of thiocarbonyl (C=S) groups is 1. The Kier molecular flexibility index (Phi) is 8.18. The third kappa shape index (κ3) is 6.86. The van der Waals surface area contributed by atoms with Crippen LogP contribution in [0.3, 0.4) is 0 Å². The second-order valence-electron chi connectivity index (χ2n) is 7.54. The zero-order chi connectivity index (χ0) is 25.6. The third-order valence-electron chi connectivity index (χ3n) is 5.11. The molecule has 0 unspecified atom stereocenters. The predicted octanol–water partition coefficient (Wildman–Crippen LogP) is 4.49. The van der Waals surface area contributed by atoms with E-state index < -0.39 is 17.7 Å². The molecule has 0 aliphatic rings. The molecule has 0 amide bonds. The smallest absolute Gasteiger partial charge is 0.416 e. The van der Waals surface area contributed by atoms with Crippen LogP contribution in [0.5, 0.6) is 11.5 Å². The molecule has 0 bridgehead atoms. The summed E-state index contributed by atoms with van der Waals surface area (Å²) >= 11 is 5.54. The van der Waals surface area contributed by atoms with Gasteiger partial charge in [-0.15, -0.1) is 0 Å². The molecule has 35 heavy (non-hydrogen) atoms. The SMILES string of the molecule is COc1ccc(CN(Cc2ccc(C(=O)[O-])cc2)C(=S)Nc2cccc(C(F)(F)F)c2)cc1OC. The van der Waals surface area contributed by atoms with E-state index in [0.29, 0.717) is 11.5 Å². The first-order valence-electron chi connectivity index (χ1n) is 10.3. The summed E-state index contributed by atoms with van der Waals surface area (Å²) in [7, 11) is 3.03. The van der Waals surface area contributed by atoms with Gasteiger partial charge in [-0.05, 0) is 59.2 Å². The van der Waals surface area contributed by atoms with Gasteiger partial charge in [0.25, 0.3) is 0 Å². The standard InChI is InChI=1S/C25H23F3N2O4S/c1-33-21-11-8-17(12-22(21)34-2)15-30(14-16-6-9-18(10-7-16)23(31)32)24(35)29-20-5-3-4-19(13-20)25(26,27)28/h3-13H,14-15H2,1-2H3,(H,29,35)(H,31,32)/p-1. The van der Waals surface area contributed by atoms with E-state index in [1.54, 1.807) is 29.2 Å². The van der Waals surface area contributed by atoms with Crippen molar-refractivity contribution in [1.82, 2.24) is 4.90 Å². The number of carboxylic acid groups (broad SMARTS) is 1. The maximum atomic E-state index is 13.1. The predicted molar refractivity (Wildman–Crippen MR) is 127 cm³/mol. The van der Waals surface area contributed by atoms with E-state index >= 15 is 0 Å². The number of alkyl halides is 3. The molecule has 0 aliphatic carbocycles. The maximum Gasteiger partial charge on any atom is 0.416 e. The molecule has 0 atom stereocenters. The lowest BCUT2D eigenvalue weighted by molar-refractivity contribution is -0.255. The summed E-state index contributed by atoms with van der Waals surface area (Å²) in [6, 6.07) is 16.2. The van der Waals surface area contributed by atoms with E-state index in [-0.39, 0.29) is 29.5 Å². The van der Waals surface area contributed by atoms with E-state index in [0.717, 1.165) is 23.3 Å². The van der Waals surface area contributed by atoms with Crippen LogP contribution in [-0.2, 0) is 19.3 Å². The fourth-order valence-corrected chi connectivity index (χ4v) is 3.59. The van der Waals surface area contributed by atoms with Crippen LogP contribution in [0.15, 0.2) is 66.7 Å². The van der Waals surface area contributed by atoms with Crippen molar-refractivity contribution in [3.05, 3.63) is 89.0 Å². The fraction of sp³-hybridized carbons (Fsp3) is 0.200. The zero-order valence-corrected chi connectivity index (χ0v) is 19.7. The van der Waals surface area contributed by atoms with E-state index in [1.165, 1.54) is 38.5 Å². The molecular formula is C25H22F3N2O4S-. The maximum absolute atomic E-state index is 13.1. The Bertz CT molecular complexity index is 1200. The third-order valence-corrected chi connectivity index (χ3v) is 5.47. The van der Waals surface area contributed by atoms with Crippen LogP contribution in [0.1, 0.15) is 27.0 Å². The molecule has 0 saturated heterocycles. The number of halogens is 3. The Balaban J connectivity index is 1.88. The van der Waals surface area contributed by atoms with Gasteiger partial charge in [0, 0.05) is 18.8 Å². The van der Waals surface area contributed by atoms with Crippen LogP contribution in [0.4, 0.5) is 18.9 Å². The van der Waals surface area contributed by atoms with E-state index in [2.05, 4.69) is 5.32 Å². The van der Waals surface area contributed by atoms with Crippen molar-refractivity contribution in [3.63, 3.8) is 0 Å². The molecule has 1 N–H and O–H groups in total. The average molecular weight is 504 g/mol. The number of carbonyl (C=O) groups excluding carboxylic acids is 1. The molecule has 6 nitrogen and oxygen atoms in total. The lowest BCUT2D eigenvalue weighted by Crippen LogP contribution is -2.34. The molecule has 3 aromatic carbocycles. The summed E-state index contributed by atoms with van der Waals surface area (Å²) in [6.45, 7) is 0.542. The molecule has 0 radical (unpaired) electrons. The number of anilines is 1. The van der Waals surface area contributed by atoms with Crippen molar-refractivity contribution in [2.75, 3.05) is 19.5 Å². The van der Waals surface area contributed by atoms with Crippen molar-refractivity contribution >= 4 is 29.0 Å². The van der Waals surface area contributed by atoms with Crippen LogP contribution < -0.4 is 19.9 Å².